The van der Waals surface area contributed by atoms with Crippen LogP contribution >= 0.6 is 0 Å². The van der Waals surface area contributed by atoms with Gasteiger partial charge in [0.25, 0.3) is 0 Å². The summed E-state index contributed by atoms with van der Waals surface area (Å²) in [6.07, 6.45) is 6.54. The zero-order valence-electron chi connectivity index (χ0n) is 22.1. The van der Waals surface area contributed by atoms with Gasteiger partial charge in [0.1, 0.15) is 13.2 Å². The Bertz CT molecular complexity index is 579. The molecule has 0 N–H and O–H groups in total. The molecule has 35 heavy (non-hydrogen) atoms. The molecule has 9 heteroatoms. The molecule has 0 aromatic rings. The fraction of sp³-hybridized carbons (Fsp3) is 0.808. The summed E-state index contributed by atoms with van der Waals surface area (Å²) in [6, 6.07) is 0. The maximum absolute atomic E-state index is 12.2. The largest absolute Gasteiger partial charge is 0.508 e. The second kappa shape index (κ2) is 22.2. The van der Waals surface area contributed by atoms with Gasteiger partial charge in [0, 0.05) is 6.08 Å². The number of ether oxygens (including phenoxy) is 6. The van der Waals surface area contributed by atoms with Gasteiger partial charge >= 0.3 is 18.3 Å². The lowest BCUT2D eigenvalue weighted by Crippen LogP contribution is -2.31. The van der Waals surface area contributed by atoms with Crippen molar-refractivity contribution in [1.82, 2.24) is 0 Å². The molecule has 0 radical (unpaired) electrons. The molecule has 0 saturated carbocycles. The van der Waals surface area contributed by atoms with Crippen LogP contribution in [0.5, 0.6) is 0 Å². The van der Waals surface area contributed by atoms with Gasteiger partial charge in [0.05, 0.1) is 26.4 Å². The van der Waals surface area contributed by atoms with Gasteiger partial charge in [-0.25, -0.2) is 14.4 Å². The van der Waals surface area contributed by atoms with Crippen LogP contribution in [-0.4, -0.2) is 64.0 Å². The van der Waals surface area contributed by atoms with E-state index in [9.17, 15) is 14.4 Å². The molecule has 0 spiro atoms. The van der Waals surface area contributed by atoms with Crippen molar-refractivity contribution in [3.05, 3.63) is 12.7 Å². The minimum Gasteiger partial charge on any atom is -0.460 e. The van der Waals surface area contributed by atoms with Gasteiger partial charge in [-0.05, 0) is 24.7 Å². The van der Waals surface area contributed by atoms with Crippen LogP contribution in [-0.2, 0) is 33.2 Å². The quantitative estimate of drug-likeness (QED) is 0.0828. The standard InChI is InChI=1S/C26H46O9/c1-6-11-13-21(8-3)17-32-25(28)34-20-23(19-30-15-16-31-24(27)10-5)35-26(29)33-18-22(9-4)14-12-7-2/h10,21-23H,5-9,11-20H2,1-4H3. The van der Waals surface area contributed by atoms with Crippen molar-refractivity contribution in [3.63, 3.8) is 0 Å². The fourth-order valence-corrected chi connectivity index (χ4v) is 3.13. The van der Waals surface area contributed by atoms with Crippen molar-refractivity contribution in [3.8, 4) is 0 Å². The van der Waals surface area contributed by atoms with Crippen LogP contribution in [0.2, 0.25) is 0 Å². The highest BCUT2D eigenvalue weighted by Crippen LogP contribution is 2.14. The van der Waals surface area contributed by atoms with E-state index in [4.69, 9.17) is 28.4 Å². The van der Waals surface area contributed by atoms with E-state index in [1.54, 1.807) is 0 Å². The van der Waals surface area contributed by atoms with Gasteiger partial charge in [0.15, 0.2) is 6.10 Å². The highest BCUT2D eigenvalue weighted by atomic mass is 16.8. The number of carbonyl (C=O) groups is 3. The number of hydrogen-bond acceptors (Lipinski definition) is 9. The topological polar surface area (TPSA) is 107 Å². The summed E-state index contributed by atoms with van der Waals surface area (Å²) >= 11 is 0. The predicted octanol–water partition coefficient (Wildman–Crippen LogP) is 5.84. The van der Waals surface area contributed by atoms with Crippen molar-refractivity contribution in [2.75, 3.05) is 39.6 Å². The van der Waals surface area contributed by atoms with Crippen molar-refractivity contribution < 1.29 is 42.8 Å². The molecule has 0 saturated heterocycles. The second-order valence-corrected chi connectivity index (χ2v) is 8.45. The van der Waals surface area contributed by atoms with E-state index in [1.165, 1.54) is 0 Å². The van der Waals surface area contributed by atoms with Crippen LogP contribution in [0.1, 0.15) is 79.1 Å². The second-order valence-electron chi connectivity index (χ2n) is 8.45. The van der Waals surface area contributed by atoms with E-state index in [0.29, 0.717) is 0 Å². The number of unbranched alkanes of at least 4 members (excludes halogenated alkanes) is 2. The molecule has 0 aliphatic rings. The van der Waals surface area contributed by atoms with Gasteiger partial charge in [-0.1, -0.05) is 72.8 Å². The Morgan fingerprint density at radius 2 is 1.26 bits per heavy atom. The first kappa shape index (κ1) is 32.7. The van der Waals surface area contributed by atoms with Crippen molar-refractivity contribution in [2.45, 2.75) is 85.2 Å². The molecule has 0 heterocycles. The van der Waals surface area contributed by atoms with E-state index in [1.807, 2.05) is 0 Å². The molecule has 3 unspecified atom stereocenters. The molecule has 0 aliphatic carbocycles. The average molecular weight is 503 g/mol. The number of carbonyl (C=O) groups excluding carboxylic acids is 3. The highest BCUT2D eigenvalue weighted by Gasteiger charge is 2.21. The molecular weight excluding hydrogens is 456 g/mol. The molecule has 3 atom stereocenters. The van der Waals surface area contributed by atoms with Crippen LogP contribution in [0.4, 0.5) is 9.59 Å². The van der Waals surface area contributed by atoms with Crippen molar-refractivity contribution >= 4 is 18.3 Å². The first-order chi connectivity index (χ1) is 16.9. The van der Waals surface area contributed by atoms with E-state index >= 15 is 0 Å². The molecule has 9 nitrogen and oxygen atoms in total. The Morgan fingerprint density at radius 3 is 1.77 bits per heavy atom. The van der Waals surface area contributed by atoms with Crippen LogP contribution in [0.15, 0.2) is 12.7 Å². The van der Waals surface area contributed by atoms with Crippen LogP contribution in [0.25, 0.3) is 0 Å². The van der Waals surface area contributed by atoms with Crippen LogP contribution in [0, 0.1) is 11.8 Å². The first-order valence-electron chi connectivity index (χ1n) is 12.9. The fourth-order valence-electron chi connectivity index (χ4n) is 3.13. The summed E-state index contributed by atoms with van der Waals surface area (Å²) in [5, 5.41) is 0. The first-order valence-corrected chi connectivity index (χ1v) is 12.9. The molecular formula is C26H46O9. The maximum Gasteiger partial charge on any atom is 0.508 e. The number of esters is 1. The summed E-state index contributed by atoms with van der Waals surface area (Å²) in [5.74, 6) is -0.0125. The minimum atomic E-state index is -0.900. The molecule has 0 rings (SSSR count). The van der Waals surface area contributed by atoms with Crippen molar-refractivity contribution in [2.24, 2.45) is 11.8 Å². The zero-order chi connectivity index (χ0) is 26.3. The summed E-state index contributed by atoms with van der Waals surface area (Å²) in [7, 11) is 0. The van der Waals surface area contributed by atoms with Crippen LogP contribution in [0.3, 0.4) is 0 Å². The lowest BCUT2D eigenvalue weighted by molar-refractivity contribution is -0.139. The zero-order valence-corrected chi connectivity index (χ0v) is 22.1. The highest BCUT2D eigenvalue weighted by molar-refractivity contribution is 5.81. The minimum absolute atomic E-state index is 0.0106. The Labute approximate surface area is 210 Å². The van der Waals surface area contributed by atoms with Gasteiger partial charge in [-0.15, -0.1) is 0 Å². The number of rotatable bonds is 21. The van der Waals surface area contributed by atoms with Gasteiger partial charge < -0.3 is 28.4 Å². The Balaban J connectivity index is 4.63. The summed E-state index contributed by atoms with van der Waals surface area (Å²) in [6.45, 7) is 12.0. The molecule has 0 aromatic heterocycles. The average Bonchev–Trinajstić information content (AvgIpc) is 2.86. The summed E-state index contributed by atoms with van der Waals surface area (Å²) < 4.78 is 31.2. The third-order valence-corrected chi connectivity index (χ3v) is 5.55. The third-order valence-electron chi connectivity index (χ3n) is 5.55. The number of hydrogen-bond donors (Lipinski definition) is 0. The lowest BCUT2D eigenvalue weighted by atomic mass is 10.0. The smallest absolute Gasteiger partial charge is 0.460 e. The molecule has 0 amide bonds. The molecule has 0 aliphatic heterocycles. The Morgan fingerprint density at radius 1 is 0.714 bits per heavy atom. The SMILES string of the molecule is C=CC(=O)OCCOCC(COC(=O)OCC(CC)CCCC)OC(=O)OCC(CC)CCCC. The van der Waals surface area contributed by atoms with E-state index in [-0.39, 0.29) is 51.5 Å². The van der Waals surface area contributed by atoms with E-state index in [0.717, 1.165) is 57.4 Å². The molecule has 204 valence electrons. The summed E-state index contributed by atoms with van der Waals surface area (Å²) in [4.78, 5) is 35.3. The maximum atomic E-state index is 12.2. The van der Waals surface area contributed by atoms with Crippen molar-refractivity contribution in [1.29, 1.82) is 0 Å². The van der Waals surface area contributed by atoms with Crippen LogP contribution < -0.4 is 0 Å². The van der Waals surface area contributed by atoms with Gasteiger partial charge in [0.2, 0.25) is 0 Å². The normalized spacial score (nSPS) is 13.3. The van der Waals surface area contributed by atoms with Gasteiger partial charge in [-0.2, -0.15) is 0 Å². The van der Waals surface area contributed by atoms with E-state index in [2.05, 4.69) is 34.3 Å². The molecule has 0 fully saturated rings. The Kier molecular flexibility index (Phi) is 20.7. The third kappa shape index (κ3) is 18.7. The lowest BCUT2D eigenvalue weighted by Gasteiger charge is -2.20. The monoisotopic (exact) mass is 502 g/mol. The Hall–Kier alpha value is -2.29. The van der Waals surface area contributed by atoms with Gasteiger partial charge in [-0.3, -0.25) is 0 Å². The summed E-state index contributed by atoms with van der Waals surface area (Å²) in [5.41, 5.74) is 0. The molecule has 0 aromatic carbocycles. The predicted molar refractivity (Wildman–Crippen MR) is 132 cm³/mol. The molecule has 0 bridgehead atoms. The van der Waals surface area contributed by atoms with E-state index < -0.39 is 24.4 Å².